The van der Waals surface area contributed by atoms with Crippen molar-refractivity contribution >= 4 is 41.5 Å². The molecule has 3 fully saturated rings. The molecule has 104 heavy (non-hydrogen) atoms. The number of carbonyl (C=O) groups excluding carboxylic acids is 7. The Labute approximate surface area is 608 Å². The molecule has 0 N–H and O–H groups in total. The molecule has 3 saturated heterocycles. The second-order valence-corrected chi connectivity index (χ2v) is 28.3. The minimum atomic E-state index is -1.98. The number of amides is 2. The van der Waals surface area contributed by atoms with Crippen molar-refractivity contribution in [3.8, 4) is 0 Å². The highest BCUT2D eigenvalue weighted by Gasteiger charge is 2.62. The van der Waals surface area contributed by atoms with E-state index in [1.165, 1.54) is 20.8 Å². The summed E-state index contributed by atoms with van der Waals surface area (Å²) in [5.41, 5.74) is 1.47. The van der Waals surface area contributed by atoms with Gasteiger partial charge in [0.1, 0.15) is 54.6 Å². The SMILES string of the molecule is C=CCCCO[C@@H]1O[C@H](COCc2ccccc2)[C@@H](O[C@@H]2O[C@H](COCc3ccccc3)[C@H](OCc3ccccc3)[C@H](O[C@@H]3O[C@H](COCc4ccccc4)[C@@H](OC(C)=O)[C@H](OC(=O)CCC(C)=O)[C@H]3N3C(=O)C(C)=C(C)C3=O)[C@H]2OC(=O)C(C)(C)C)[C@H](OCc2ccccc2)[C@H]1OC(=O)C(C)(C)C. The van der Waals surface area contributed by atoms with Crippen molar-refractivity contribution in [2.24, 2.45) is 10.8 Å². The van der Waals surface area contributed by atoms with Gasteiger partial charge in [0, 0.05) is 24.5 Å². The molecular weight excluding hydrogens is 1340 g/mol. The molecule has 5 aromatic rings. The molecule has 0 radical (unpaired) electrons. The number of esters is 4. The van der Waals surface area contributed by atoms with E-state index in [2.05, 4.69) is 6.58 Å². The zero-order valence-electron chi connectivity index (χ0n) is 61.0. The molecule has 4 heterocycles. The number of allylic oxidation sites excluding steroid dienone is 1. The molecule has 4 aliphatic rings. The number of imide groups is 1. The van der Waals surface area contributed by atoms with Gasteiger partial charge in [-0.3, -0.25) is 33.7 Å². The lowest BCUT2D eigenvalue weighted by Crippen LogP contribution is -2.71. The van der Waals surface area contributed by atoms with E-state index in [0.29, 0.717) is 18.4 Å². The van der Waals surface area contributed by atoms with E-state index in [9.17, 15) is 19.2 Å². The number of nitrogens with zero attached hydrogens (tertiary/aromatic N) is 1. The highest BCUT2D eigenvalue weighted by atomic mass is 16.8. The summed E-state index contributed by atoms with van der Waals surface area (Å²) in [5.74, 6) is -5.29. The van der Waals surface area contributed by atoms with E-state index in [4.69, 9.17) is 71.1 Å². The maximum Gasteiger partial charge on any atom is 0.311 e. The van der Waals surface area contributed by atoms with Gasteiger partial charge in [-0.1, -0.05) is 158 Å². The van der Waals surface area contributed by atoms with Crippen LogP contribution in [0.25, 0.3) is 0 Å². The van der Waals surface area contributed by atoms with E-state index in [0.717, 1.165) is 34.1 Å². The molecule has 23 heteroatoms. The fourth-order valence-electron chi connectivity index (χ4n) is 12.1. The van der Waals surface area contributed by atoms with E-state index >= 15 is 14.4 Å². The van der Waals surface area contributed by atoms with Crippen LogP contribution in [0, 0.1) is 10.8 Å². The number of ether oxygens (including phenoxy) is 15. The van der Waals surface area contributed by atoms with Crippen molar-refractivity contribution in [3.05, 3.63) is 203 Å². The molecule has 0 bridgehead atoms. The van der Waals surface area contributed by atoms with Gasteiger partial charge in [-0.05, 0) is 103 Å². The van der Waals surface area contributed by atoms with Crippen LogP contribution in [-0.4, -0.2) is 165 Å². The molecule has 9 rings (SSSR count). The molecular formula is C81H99NO22. The summed E-state index contributed by atoms with van der Waals surface area (Å²) in [6.07, 6.45) is -19.5. The smallest absolute Gasteiger partial charge is 0.311 e. The Kier molecular flexibility index (Phi) is 29.4. The molecule has 0 spiro atoms. The van der Waals surface area contributed by atoms with Gasteiger partial charge in [0.15, 0.2) is 43.3 Å². The number of unbranched alkanes of at least 4 members (excludes halogenated alkanes) is 1. The average Bonchev–Trinajstić information content (AvgIpc) is 1.40. The maximum absolute atomic E-state index is 15.3. The molecule has 0 aliphatic carbocycles. The molecule has 560 valence electrons. The van der Waals surface area contributed by atoms with Gasteiger partial charge in [0.25, 0.3) is 11.8 Å². The van der Waals surface area contributed by atoms with Crippen LogP contribution in [0.1, 0.15) is 123 Å². The van der Waals surface area contributed by atoms with Crippen LogP contribution in [0.5, 0.6) is 0 Å². The lowest BCUT2D eigenvalue weighted by molar-refractivity contribution is -0.384. The number of hydrogen-bond acceptors (Lipinski definition) is 22. The Morgan fingerprint density at radius 2 is 0.837 bits per heavy atom. The van der Waals surface area contributed by atoms with Crippen LogP contribution in [-0.2, 0) is 138 Å². The largest absolute Gasteiger partial charge is 0.456 e. The van der Waals surface area contributed by atoms with Gasteiger partial charge in [-0.25, -0.2) is 0 Å². The second-order valence-electron chi connectivity index (χ2n) is 28.3. The van der Waals surface area contributed by atoms with Crippen molar-refractivity contribution in [2.75, 3.05) is 26.4 Å². The summed E-state index contributed by atoms with van der Waals surface area (Å²) >= 11 is 0. The first-order chi connectivity index (χ1) is 49.9. The molecule has 0 saturated carbocycles. The standard InChI is InChI=1S/C81H99NO22/c1-12-13-29-42-93-76-71(103-78(88)80(6,7)8)69(95-47-59-38-27-18-28-39-59)67(62(98-76)50-92-45-57-34-23-16-24-35-57)101-77-72(104-79(89)81(9,10)11)70(65(94-46-58-36-25-17-26-37-58)60(99-77)48-90-43-55-30-19-14-20-31-55)102-75-64(82-73(86)52(3)53(4)74(82)87)68(100-63(85)41-40-51(2)83)66(96-54(5)84)61(97-75)49-91-44-56-32-21-15-22-33-56/h12,14-28,30-39,60-62,64-72,75-77H,1,13,29,40-50H2,2-11H3/t60-,61-,62-,64-,65+,66-,67-,68-,69+,70+,71-,72-,75+,76-,77+/m1/s1. The monoisotopic (exact) mass is 1440 g/mol. The Morgan fingerprint density at radius 3 is 1.27 bits per heavy atom. The van der Waals surface area contributed by atoms with Gasteiger partial charge in [0.2, 0.25) is 0 Å². The molecule has 2 amide bonds. The Morgan fingerprint density at radius 1 is 0.442 bits per heavy atom. The van der Waals surface area contributed by atoms with Gasteiger partial charge < -0.3 is 75.8 Å². The summed E-state index contributed by atoms with van der Waals surface area (Å²) in [5, 5.41) is 0. The molecule has 0 unspecified atom stereocenters. The van der Waals surface area contributed by atoms with Crippen molar-refractivity contribution < 1.29 is 105 Å². The lowest BCUT2D eigenvalue weighted by atomic mass is 9.92. The van der Waals surface area contributed by atoms with Crippen LogP contribution < -0.4 is 0 Å². The van der Waals surface area contributed by atoms with Crippen molar-refractivity contribution in [2.45, 2.75) is 220 Å². The van der Waals surface area contributed by atoms with Crippen LogP contribution in [0.15, 0.2) is 175 Å². The van der Waals surface area contributed by atoms with Crippen molar-refractivity contribution in [1.82, 2.24) is 4.90 Å². The number of ketones is 1. The summed E-state index contributed by atoms with van der Waals surface area (Å²) in [6.45, 7) is 18.5. The summed E-state index contributed by atoms with van der Waals surface area (Å²) in [4.78, 5) is 101. The first-order valence-corrected chi connectivity index (χ1v) is 35.4. The van der Waals surface area contributed by atoms with Crippen LogP contribution in [0.2, 0.25) is 0 Å². The number of carbonyl (C=O) groups is 7. The first kappa shape index (κ1) is 79.9. The van der Waals surface area contributed by atoms with Crippen LogP contribution >= 0.6 is 0 Å². The number of Topliss-reactive ketones (excluding diaryl/α,β-unsaturated/α-hetero) is 1. The van der Waals surface area contributed by atoms with E-state index < -0.39 is 152 Å². The molecule has 23 nitrogen and oxygen atoms in total. The zero-order valence-corrected chi connectivity index (χ0v) is 61.0. The first-order valence-electron chi connectivity index (χ1n) is 35.4. The zero-order chi connectivity index (χ0) is 74.5. The van der Waals surface area contributed by atoms with Gasteiger partial charge in [-0.2, -0.15) is 0 Å². The molecule has 15 atom stereocenters. The number of rotatable bonds is 35. The van der Waals surface area contributed by atoms with Gasteiger partial charge >= 0.3 is 23.9 Å². The Bertz CT molecular complexity index is 3610. The third-order valence-electron chi connectivity index (χ3n) is 17.9. The number of hydrogen-bond donors (Lipinski definition) is 0. The van der Waals surface area contributed by atoms with Crippen LogP contribution in [0.3, 0.4) is 0 Å². The quantitative estimate of drug-likeness (QED) is 0.0120. The topological polar surface area (TPSA) is 261 Å². The van der Waals surface area contributed by atoms with E-state index in [-0.39, 0.29) is 76.2 Å². The minimum Gasteiger partial charge on any atom is -0.456 e. The minimum absolute atomic E-state index is 0.00153. The van der Waals surface area contributed by atoms with E-state index in [1.54, 1.807) is 47.6 Å². The molecule has 0 aromatic heterocycles. The molecule has 5 aromatic carbocycles. The van der Waals surface area contributed by atoms with Crippen molar-refractivity contribution in [1.29, 1.82) is 0 Å². The highest BCUT2D eigenvalue weighted by molar-refractivity contribution is 6.19. The lowest BCUT2D eigenvalue weighted by Gasteiger charge is -2.52. The average molecular weight is 1440 g/mol. The maximum atomic E-state index is 15.3. The Balaban J connectivity index is 1.27. The molecule has 4 aliphatic heterocycles. The predicted molar refractivity (Wildman–Crippen MR) is 377 cm³/mol. The Hall–Kier alpha value is -8.17. The fourth-order valence-corrected chi connectivity index (χ4v) is 12.1. The van der Waals surface area contributed by atoms with Gasteiger partial charge in [0.05, 0.1) is 76.7 Å². The highest BCUT2D eigenvalue weighted by Crippen LogP contribution is 2.42. The number of benzene rings is 5. The summed E-state index contributed by atoms with van der Waals surface area (Å²) < 4.78 is 103. The predicted octanol–water partition coefficient (Wildman–Crippen LogP) is 10.9. The summed E-state index contributed by atoms with van der Waals surface area (Å²) in [7, 11) is 0. The third-order valence-corrected chi connectivity index (χ3v) is 17.9. The third kappa shape index (κ3) is 22.2. The second kappa shape index (κ2) is 38.2. The van der Waals surface area contributed by atoms with E-state index in [1.807, 2.05) is 152 Å². The van der Waals surface area contributed by atoms with Crippen LogP contribution in [0.4, 0.5) is 0 Å². The van der Waals surface area contributed by atoms with Crippen molar-refractivity contribution in [3.63, 3.8) is 0 Å². The summed E-state index contributed by atoms with van der Waals surface area (Å²) in [6, 6.07) is 44.6. The fraction of sp³-hybridized carbons (Fsp3) is 0.494. The van der Waals surface area contributed by atoms with Gasteiger partial charge in [-0.15, -0.1) is 6.58 Å². The normalized spacial score (nSPS) is 25.8.